The normalized spacial score (nSPS) is 14.1. The minimum Gasteiger partial charge on any atom is -0.506 e. The number of phenolic OH excluding ortho intramolecular Hbond substituents is 1. The first kappa shape index (κ1) is 22.8. The topological polar surface area (TPSA) is 77.0 Å². The maximum Gasteiger partial charge on any atom is 0.259 e. The molecule has 2 N–H and O–H groups in total. The Morgan fingerprint density at radius 2 is 1.73 bits per heavy atom. The van der Waals surface area contributed by atoms with E-state index in [9.17, 15) is 9.90 Å². The Morgan fingerprint density at radius 3 is 2.55 bits per heavy atom. The fraction of sp³-hybridized carbons (Fsp3) is 0.296. The van der Waals surface area contributed by atoms with Gasteiger partial charge in [-0.25, -0.2) is 0 Å². The molecule has 1 saturated heterocycles. The molecule has 6 heteroatoms. The number of unbranched alkanes of at least 4 members (excludes halogenated alkanes) is 1. The van der Waals surface area contributed by atoms with Crippen LogP contribution in [0, 0.1) is 0 Å². The third-order valence-electron chi connectivity index (χ3n) is 5.46. The molecule has 0 spiro atoms. The number of carbonyl (C=O) groups is 1. The average Bonchev–Trinajstić information content (AvgIpc) is 2.86. The van der Waals surface area contributed by atoms with Crippen LogP contribution in [-0.2, 0) is 15.9 Å². The third kappa shape index (κ3) is 6.34. The smallest absolute Gasteiger partial charge is 0.259 e. The number of amides is 1. The molecule has 0 aliphatic carbocycles. The molecular weight excluding hydrogens is 418 g/mol. The Bertz CT molecular complexity index is 1050. The van der Waals surface area contributed by atoms with Crippen molar-refractivity contribution >= 4 is 11.6 Å². The first-order valence-corrected chi connectivity index (χ1v) is 11.3. The fourth-order valence-corrected chi connectivity index (χ4v) is 3.71. The second-order valence-corrected chi connectivity index (χ2v) is 7.95. The van der Waals surface area contributed by atoms with Crippen LogP contribution in [0.15, 0.2) is 72.8 Å². The lowest BCUT2D eigenvalue weighted by atomic mass is 10.1. The van der Waals surface area contributed by atoms with Crippen LogP contribution in [0.25, 0.3) is 0 Å². The van der Waals surface area contributed by atoms with Gasteiger partial charge in [-0.2, -0.15) is 0 Å². The van der Waals surface area contributed by atoms with Crippen molar-refractivity contribution in [1.82, 2.24) is 0 Å². The maximum absolute atomic E-state index is 13.0. The summed E-state index contributed by atoms with van der Waals surface area (Å²) in [7, 11) is 0. The summed E-state index contributed by atoms with van der Waals surface area (Å²) >= 11 is 0. The number of phenols is 1. The lowest BCUT2D eigenvalue weighted by Gasteiger charge is -2.24. The molecule has 1 fully saturated rings. The molecule has 6 nitrogen and oxygen atoms in total. The van der Waals surface area contributed by atoms with Crippen LogP contribution in [0.1, 0.15) is 47.0 Å². The van der Waals surface area contributed by atoms with Gasteiger partial charge in [0.15, 0.2) is 6.29 Å². The van der Waals surface area contributed by atoms with Crippen molar-refractivity contribution < 1.29 is 24.1 Å². The van der Waals surface area contributed by atoms with Gasteiger partial charge in [-0.15, -0.1) is 0 Å². The van der Waals surface area contributed by atoms with Gasteiger partial charge in [0, 0.05) is 5.56 Å². The summed E-state index contributed by atoms with van der Waals surface area (Å²) < 4.78 is 17.2. The number of aryl methyl sites for hydroxylation is 1. The van der Waals surface area contributed by atoms with Crippen LogP contribution in [0.5, 0.6) is 11.5 Å². The zero-order valence-electron chi connectivity index (χ0n) is 18.5. The number of hydrogen-bond acceptors (Lipinski definition) is 5. The number of ether oxygens (including phenoxy) is 3. The van der Waals surface area contributed by atoms with Crippen molar-refractivity contribution in [3.8, 4) is 11.5 Å². The molecule has 33 heavy (non-hydrogen) atoms. The molecule has 1 heterocycles. The Morgan fingerprint density at radius 1 is 0.970 bits per heavy atom. The summed E-state index contributed by atoms with van der Waals surface area (Å²) in [5.74, 6) is 0.138. The highest BCUT2D eigenvalue weighted by Gasteiger charge is 2.19. The summed E-state index contributed by atoms with van der Waals surface area (Å²) in [4.78, 5) is 13.0. The Labute approximate surface area is 194 Å². The van der Waals surface area contributed by atoms with E-state index in [0.717, 1.165) is 31.2 Å². The second-order valence-electron chi connectivity index (χ2n) is 7.95. The summed E-state index contributed by atoms with van der Waals surface area (Å²) in [6.45, 7) is 1.75. The van der Waals surface area contributed by atoms with Gasteiger partial charge in [-0.05, 0) is 55.5 Å². The molecule has 1 aliphatic rings. The molecule has 4 rings (SSSR count). The van der Waals surface area contributed by atoms with E-state index in [0.29, 0.717) is 36.8 Å². The van der Waals surface area contributed by atoms with E-state index >= 15 is 0 Å². The van der Waals surface area contributed by atoms with E-state index in [1.807, 2.05) is 24.3 Å². The molecule has 0 radical (unpaired) electrons. The molecule has 1 aliphatic heterocycles. The van der Waals surface area contributed by atoms with Crippen molar-refractivity contribution in [3.63, 3.8) is 0 Å². The minimum atomic E-state index is -0.499. The van der Waals surface area contributed by atoms with E-state index in [1.54, 1.807) is 30.3 Å². The highest BCUT2D eigenvalue weighted by Crippen LogP contribution is 2.31. The van der Waals surface area contributed by atoms with Crippen LogP contribution < -0.4 is 10.1 Å². The summed E-state index contributed by atoms with van der Waals surface area (Å²) in [5.41, 5.74) is 2.76. The SMILES string of the molecule is O=C(Nc1cc(C2OCCCO2)ccc1O)c1ccccc1OCCCCc1ccccc1. The number of para-hydroxylation sites is 1. The second kappa shape index (κ2) is 11.5. The molecule has 0 bridgehead atoms. The Hall–Kier alpha value is -3.35. The Kier molecular flexibility index (Phi) is 7.95. The average molecular weight is 448 g/mol. The fourth-order valence-electron chi connectivity index (χ4n) is 3.71. The molecule has 3 aromatic carbocycles. The van der Waals surface area contributed by atoms with Crippen molar-refractivity contribution in [3.05, 3.63) is 89.5 Å². The number of hydrogen-bond donors (Lipinski definition) is 2. The number of carbonyl (C=O) groups excluding carboxylic acids is 1. The van der Waals surface area contributed by atoms with Gasteiger partial charge in [-0.3, -0.25) is 4.79 Å². The van der Waals surface area contributed by atoms with E-state index in [1.165, 1.54) is 11.6 Å². The highest BCUT2D eigenvalue weighted by atomic mass is 16.7. The van der Waals surface area contributed by atoms with Gasteiger partial charge in [0.25, 0.3) is 5.91 Å². The first-order chi connectivity index (χ1) is 16.2. The van der Waals surface area contributed by atoms with Crippen molar-refractivity contribution in [2.24, 2.45) is 0 Å². The van der Waals surface area contributed by atoms with Gasteiger partial charge < -0.3 is 24.6 Å². The van der Waals surface area contributed by atoms with E-state index < -0.39 is 6.29 Å². The zero-order valence-corrected chi connectivity index (χ0v) is 18.5. The molecule has 1 amide bonds. The highest BCUT2D eigenvalue weighted by molar-refractivity contribution is 6.06. The summed E-state index contributed by atoms with van der Waals surface area (Å²) in [6.07, 6.45) is 3.23. The number of anilines is 1. The number of rotatable bonds is 9. The number of nitrogens with one attached hydrogen (secondary N) is 1. The lowest BCUT2D eigenvalue weighted by molar-refractivity contribution is -0.183. The largest absolute Gasteiger partial charge is 0.506 e. The third-order valence-corrected chi connectivity index (χ3v) is 5.46. The summed E-state index contributed by atoms with van der Waals surface area (Å²) in [6, 6.07) is 22.4. The van der Waals surface area contributed by atoms with Crippen LogP contribution in [-0.4, -0.2) is 30.8 Å². The molecule has 172 valence electrons. The van der Waals surface area contributed by atoms with Gasteiger partial charge in [0.2, 0.25) is 0 Å². The molecule has 3 aromatic rings. The molecule has 0 unspecified atom stereocenters. The number of aromatic hydroxyl groups is 1. The van der Waals surface area contributed by atoms with Gasteiger partial charge in [-0.1, -0.05) is 48.5 Å². The quantitative estimate of drug-likeness (QED) is 0.335. The minimum absolute atomic E-state index is 0.0257. The molecular formula is C27H29NO5. The van der Waals surface area contributed by atoms with E-state index in [4.69, 9.17) is 14.2 Å². The van der Waals surface area contributed by atoms with Gasteiger partial charge >= 0.3 is 0 Å². The predicted octanol–water partition coefficient (Wildman–Crippen LogP) is 5.48. The van der Waals surface area contributed by atoms with E-state index in [-0.39, 0.29) is 11.7 Å². The lowest BCUT2D eigenvalue weighted by Crippen LogP contribution is -2.18. The van der Waals surface area contributed by atoms with Crippen molar-refractivity contribution in [2.75, 3.05) is 25.1 Å². The predicted molar refractivity (Wildman–Crippen MR) is 127 cm³/mol. The molecule has 0 saturated carbocycles. The molecule has 0 aromatic heterocycles. The maximum atomic E-state index is 13.0. The standard InChI is InChI=1S/C27H29NO5/c29-24-15-14-21(27-32-17-8-18-33-27)19-23(24)28-26(30)22-12-4-5-13-25(22)31-16-7-6-11-20-9-2-1-3-10-20/h1-5,9-10,12-15,19,27,29H,6-8,11,16-18H2,(H,28,30). The molecule has 0 atom stereocenters. The first-order valence-electron chi connectivity index (χ1n) is 11.3. The van der Waals surface area contributed by atoms with E-state index in [2.05, 4.69) is 17.4 Å². The van der Waals surface area contributed by atoms with Gasteiger partial charge in [0.1, 0.15) is 11.5 Å². The monoisotopic (exact) mass is 447 g/mol. The van der Waals surface area contributed by atoms with Crippen LogP contribution in [0.2, 0.25) is 0 Å². The summed E-state index contributed by atoms with van der Waals surface area (Å²) in [5, 5.41) is 13.1. The van der Waals surface area contributed by atoms with Crippen LogP contribution >= 0.6 is 0 Å². The number of benzene rings is 3. The van der Waals surface area contributed by atoms with Crippen molar-refractivity contribution in [1.29, 1.82) is 0 Å². The van der Waals surface area contributed by atoms with Gasteiger partial charge in [0.05, 0.1) is 31.1 Å². The van der Waals surface area contributed by atoms with Crippen LogP contribution in [0.3, 0.4) is 0 Å². The van der Waals surface area contributed by atoms with Crippen molar-refractivity contribution in [2.45, 2.75) is 32.0 Å². The Balaban J connectivity index is 1.36. The van der Waals surface area contributed by atoms with Crippen LogP contribution in [0.4, 0.5) is 5.69 Å². The zero-order chi connectivity index (χ0) is 22.9.